The Hall–Kier alpha value is -5.12. The van der Waals surface area contributed by atoms with Crippen LogP contribution in [0.1, 0.15) is 98.2 Å². The zero-order chi connectivity index (χ0) is 54.5. The van der Waals surface area contributed by atoms with E-state index in [0.717, 1.165) is 29.5 Å². The number of hydrogen-bond donors (Lipinski definition) is 1. The fourth-order valence-corrected chi connectivity index (χ4v) is 10.2. The van der Waals surface area contributed by atoms with Crippen LogP contribution in [0, 0.1) is 6.07 Å². The minimum Gasteiger partial charge on any atom is -0.748 e. The van der Waals surface area contributed by atoms with Crippen LogP contribution in [0.15, 0.2) is 109 Å². The van der Waals surface area contributed by atoms with Gasteiger partial charge < -0.3 is 19.8 Å². The van der Waals surface area contributed by atoms with Gasteiger partial charge in [0.05, 0.1) is 46.6 Å². The van der Waals surface area contributed by atoms with Crippen molar-refractivity contribution in [3.05, 3.63) is 154 Å². The van der Waals surface area contributed by atoms with E-state index in [1.54, 1.807) is 0 Å². The fraction of sp³-hybridized carbons (Fsp3) is 0.308. The largest absolute Gasteiger partial charge is 2.00 e. The maximum absolute atomic E-state index is 14.3. The molecule has 0 aliphatic heterocycles. The number of hydrogen-bond acceptors (Lipinski definition) is 6. The molecule has 0 amide bonds. The predicted octanol–water partition coefficient (Wildman–Crippen LogP) is 14.5. The van der Waals surface area contributed by atoms with Crippen molar-refractivity contribution in [2.75, 3.05) is 26.2 Å². The molecule has 0 spiro atoms. The Morgan fingerprint density at radius 3 is 1.27 bits per heavy atom. The third-order valence-corrected chi connectivity index (χ3v) is 13.2. The average molecular weight is 1170 g/mol. The minimum atomic E-state index is -5.40. The number of alkyl halides is 12. The molecular formula is C52H50F12NO5PPdS. The van der Waals surface area contributed by atoms with Crippen LogP contribution in [-0.2, 0) is 55.2 Å². The molecule has 0 aliphatic carbocycles. The predicted molar refractivity (Wildman–Crippen MR) is 257 cm³/mol. The summed E-state index contributed by atoms with van der Waals surface area (Å²) in [5.41, 5.74) is 4.12. The van der Waals surface area contributed by atoms with Gasteiger partial charge in [-0.3, -0.25) is 0 Å². The Morgan fingerprint density at radius 1 is 0.562 bits per heavy atom. The van der Waals surface area contributed by atoms with Crippen molar-refractivity contribution in [1.82, 2.24) is 0 Å². The van der Waals surface area contributed by atoms with E-state index in [0.29, 0.717) is 47.2 Å². The van der Waals surface area contributed by atoms with E-state index in [2.05, 4.69) is 6.07 Å². The molecule has 0 atom stereocenters. The van der Waals surface area contributed by atoms with Gasteiger partial charge in [-0.05, 0) is 119 Å². The van der Waals surface area contributed by atoms with Crippen molar-refractivity contribution < 1.29 is 95.6 Å². The van der Waals surface area contributed by atoms with Gasteiger partial charge in [0.1, 0.15) is 11.5 Å². The van der Waals surface area contributed by atoms with Gasteiger partial charge in [-0.15, -0.1) is 35.9 Å². The molecule has 6 aromatic carbocycles. The molecule has 6 rings (SSSR count). The SMILES string of the molecule is COc1ccc(OC)c(P(c2cc(C(F)(F)F)cc(C(F)(F)F)c2)c2cc(C(F)(F)F)cc(C(F)(F)F)c2)c1-c1c(C(C)C)cc(C(C)C)cc1C(C)C.CS(=O)(=O)[O-].Nc1ccccc1-c1[c-]cccc1.[Pd+2]. The van der Waals surface area contributed by atoms with Gasteiger partial charge in [0.15, 0.2) is 0 Å². The van der Waals surface area contributed by atoms with Crippen LogP contribution < -0.4 is 31.1 Å². The molecule has 0 fully saturated rings. The molecule has 0 saturated carbocycles. The Morgan fingerprint density at radius 2 is 0.945 bits per heavy atom. The summed E-state index contributed by atoms with van der Waals surface area (Å²) < 4.78 is 211. The van der Waals surface area contributed by atoms with Gasteiger partial charge in [0, 0.05) is 17.1 Å². The van der Waals surface area contributed by atoms with E-state index in [1.165, 1.54) is 19.2 Å². The van der Waals surface area contributed by atoms with Crippen LogP contribution >= 0.6 is 7.92 Å². The molecule has 2 N–H and O–H groups in total. The first-order chi connectivity index (χ1) is 33.1. The molecule has 398 valence electrons. The smallest absolute Gasteiger partial charge is 0.748 e. The van der Waals surface area contributed by atoms with Gasteiger partial charge in [0.2, 0.25) is 0 Å². The van der Waals surface area contributed by atoms with Crippen LogP contribution in [0.4, 0.5) is 58.4 Å². The van der Waals surface area contributed by atoms with Crippen molar-refractivity contribution in [2.45, 2.75) is 84.0 Å². The molecule has 0 radical (unpaired) electrons. The minimum absolute atomic E-state index is 0. The second kappa shape index (κ2) is 24.5. The first-order valence-corrected chi connectivity index (χ1v) is 24.8. The van der Waals surface area contributed by atoms with Crippen LogP contribution in [0.2, 0.25) is 0 Å². The van der Waals surface area contributed by atoms with E-state index >= 15 is 0 Å². The van der Waals surface area contributed by atoms with Crippen LogP contribution in [0.3, 0.4) is 0 Å². The quantitative estimate of drug-likeness (QED) is 0.0366. The van der Waals surface area contributed by atoms with Gasteiger partial charge in [-0.25, -0.2) is 8.42 Å². The van der Waals surface area contributed by atoms with E-state index in [4.69, 9.17) is 28.2 Å². The maximum Gasteiger partial charge on any atom is 2.00 e. The first-order valence-electron chi connectivity index (χ1n) is 21.6. The number of ether oxygens (including phenoxy) is 2. The van der Waals surface area contributed by atoms with Crippen LogP contribution in [0.25, 0.3) is 22.3 Å². The van der Waals surface area contributed by atoms with Gasteiger partial charge >= 0.3 is 45.1 Å². The summed E-state index contributed by atoms with van der Waals surface area (Å²) >= 11 is 0. The molecule has 6 nitrogen and oxygen atoms in total. The molecule has 21 heteroatoms. The Kier molecular flexibility index (Phi) is 20.9. The summed E-state index contributed by atoms with van der Waals surface area (Å²) in [4.78, 5) is 0. The van der Waals surface area contributed by atoms with E-state index in [-0.39, 0.29) is 72.7 Å². The third kappa shape index (κ3) is 16.4. The Balaban J connectivity index is 0.000000617. The molecule has 0 saturated heterocycles. The number of rotatable bonds is 10. The standard InChI is InChI=1S/C39H37F12O2P.C12H10N.CH4O3S.Pd/c1-19(2)22-11-29(20(3)4)33(30(12-22)21(5)6)34-31(52-7)9-10-32(53-8)35(34)54(27-15-23(36(40,41)42)13-24(16-27)37(43,44)45)28-17-25(38(46,47)48)14-26(18-28)39(49,50)51;13-12-9-5-4-8-11(12)10-6-2-1-3-7-10;1-5(2,3)4;/h9-21H,1-8H3;1-6,8-9H,13H2;1H3,(H,2,3,4);/q;-1;;+2/p-1. The summed E-state index contributed by atoms with van der Waals surface area (Å²) in [6.45, 7) is 11.2. The number of nitrogen functional groups attached to an aromatic ring is 1. The van der Waals surface area contributed by atoms with Crippen molar-refractivity contribution >= 4 is 39.6 Å². The number of para-hydroxylation sites is 1. The Labute approximate surface area is 431 Å². The van der Waals surface area contributed by atoms with Gasteiger partial charge in [-0.1, -0.05) is 77.4 Å². The molecule has 0 bridgehead atoms. The van der Waals surface area contributed by atoms with Crippen molar-refractivity contribution in [3.8, 4) is 33.8 Å². The summed E-state index contributed by atoms with van der Waals surface area (Å²) in [5, 5.41) is -1.90. The second-order valence-corrected chi connectivity index (χ2v) is 20.7. The van der Waals surface area contributed by atoms with E-state index < -0.39 is 75.6 Å². The number of anilines is 1. The molecular weight excluding hydrogens is 1120 g/mol. The second-order valence-electron chi connectivity index (χ2n) is 17.2. The summed E-state index contributed by atoms with van der Waals surface area (Å²) in [7, 11) is -4.74. The molecule has 6 aromatic rings. The normalized spacial score (nSPS) is 12.2. The van der Waals surface area contributed by atoms with Crippen LogP contribution in [0.5, 0.6) is 11.5 Å². The summed E-state index contributed by atoms with van der Waals surface area (Å²) in [6, 6.07) is 26.2. The topological polar surface area (TPSA) is 102 Å². The molecule has 0 heterocycles. The number of halogens is 12. The number of benzene rings is 6. The third-order valence-electron chi connectivity index (χ3n) is 10.8. The first kappa shape index (κ1) is 62.2. The van der Waals surface area contributed by atoms with E-state index in [1.807, 2.05) is 102 Å². The summed E-state index contributed by atoms with van der Waals surface area (Å²) in [6.07, 6.45) is -21.0. The van der Waals surface area contributed by atoms with Crippen molar-refractivity contribution in [3.63, 3.8) is 0 Å². The van der Waals surface area contributed by atoms with Gasteiger partial charge in [0.25, 0.3) is 0 Å². The summed E-state index contributed by atoms with van der Waals surface area (Å²) in [5.74, 6) is -0.796. The monoisotopic (exact) mass is 1170 g/mol. The molecule has 0 aromatic heterocycles. The zero-order valence-electron chi connectivity index (χ0n) is 40.5. The average Bonchev–Trinajstić information content (AvgIpc) is 3.27. The molecule has 73 heavy (non-hydrogen) atoms. The number of nitrogens with two attached hydrogens (primary N) is 1. The van der Waals surface area contributed by atoms with E-state index in [9.17, 15) is 52.7 Å². The fourth-order valence-electron chi connectivity index (χ4n) is 7.44. The van der Waals surface area contributed by atoms with Gasteiger partial charge in [-0.2, -0.15) is 52.7 Å². The maximum atomic E-state index is 14.3. The molecule has 0 unspecified atom stereocenters. The number of methoxy groups -OCH3 is 2. The van der Waals surface area contributed by atoms with Crippen molar-refractivity contribution in [1.29, 1.82) is 0 Å². The zero-order valence-corrected chi connectivity index (χ0v) is 43.7. The van der Waals surface area contributed by atoms with Crippen LogP contribution in [-0.4, -0.2) is 33.4 Å². The van der Waals surface area contributed by atoms with Crippen molar-refractivity contribution in [2.24, 2.45) is 0 Å². The molecule has 0 aliphatic rings. The Bertz CT molecular complexity index is 2760.